The third kappa shape index (κ3) is 3.59. The number of carboxylic acids is 1. The van der Waals surface area contributed by atoms with Crippen molar-refractivity contribution in [2.75, 3.05) is 6.54 Å². The van der Waals surface area contributed by atoms with Crippen LogP contribution in [0.4, 0.5) is 4.79 Å². The van der Waals surface area contributed by atoms with Crippen molar-refractivity contribution in [1.29, 1.82) is 0 Å². The number of urea groups is 1. The summed E-state index contributed by atoms with van der Waals surface area (Å²) in [6.07, 6.45) is 6.83. The Labute approximate surface area is 112 Å². The summed E-state index contributed by atoms with van der Waals surface area (Å²) >= 11 is 0. The molecule has 0 aromatic rings. The van der Waals surface area contributed by atoms with E-state index < -0.39 is 18.0 Å². The first kappa shape index (κ1) is 14.1. The van der Waals surface area contributed by atoms with Crippen LogP contribution in [0.3, 0.4) is 0 Å². The molecule has 2 atom stereocenters. The van der Waals surface area contributed by atoms with Crippen molar-refractivity contribution in [3.8, 4) is 0 Å². The number of carbonyl (C=O) groups is 2. The smallest absolute Gasteiger partial charge is 0.325 e. The summed E-state index contributed by atoms with van der Waals surface area (Å²) in [5.74, 6) is -1.04. The van der Waals surface area contributed by atoms with Crippen molar-refractivity contribution in [3.05, 3.63) is 0 Å². The molecule has 19 heavy (non-hydrogen) atoms. The van der Waals surface area contributed by atoms with Crippen LogP contribution in [0, 0.1) is 0 Å². The molecule has 2 fully saturated rings. The van der Waals surface area contributed by atoms with Gasteiger partial charge in [0, 0.05) is 6.54 Å². The molecule has 2 amide bonds. The Morgan fingerprint density at radius 1 is 1.37 bits per heavy atom. The lowest BCUT2D eigenvalue weighted by atomic mass is 9.98. The highest BCUT2D eigenvalue weighted by molar-refractivity contribution is 5.82. The summed E-state index contributed by atoms with van der Waals surface area (Å²) in [5.41, 5.74) is 0.0666. The number of rotatable bonds is 4. The first-order chi connectivity index (χ1) is 9.01. The van der Waals surface area contributed by atoms with E-state index in [1.165, 1.54) is 19.8 Å². The highest BCUT2D eigenvalue weighted by Crippen LogP contribution is 2.43. The van der Waals surface area contributed by atoms with Gasteiger partial charge >= 0.3 is 12.0 Å². The van der Waals surface area contributed by atoms with Crippen molar-refractivity contribution in [1.82, 2.24) is 10.6 Å². The minimum absolute atomic E-state index is 0.0592. The molecule has 2 unspecified atom stereocenters. The Morgan fingerprint density at radius 2 is 2.05 bits per heavy atom. The summed E-state index contributed by atoms with van der Waals surface area (Å²) in [6, 6.07) is -1.34. The predicted octanol–water partition coefficient (Wildman–Crippen LogP) is 1.25. The van der Waals surface area contributed by atoms with Gasteiger partial charge in [0.2, 0.25) is 0 Å². The molecule has 108 valence electrons. The van der Waals surface area contributed by atoms with Gasteiger partial charge in [-0.1, -0.05) is 12.8 Å². The van der Waals surface area contributed by atoms with Crippen molar-refractivity contribution in [3.63, 3.8) is 0 Å². The third-order valence-corrected chi connectivity index (χ3v) is 4.06. The molecule has 3 N–H and O–H groups in total. The predicted molar refractivity (Wildman–Crippen MR) is 68.9 cm³/mol. The minimum atomic E-state index is -1.04. The van der Waals surface area contributed by atoms with Crippen LogP contribution in [0.1, 0.15) is 45.4 Å². The SMILES string of the molecule is CC(NC(=O)NCC1CCC2(CCCC2)O1)C(=O)O. The van der Waals surface area contributed by atoms with Crippen LogP contribution < -0.4 is 10.6 Å². The fourth-order valence-corrected chi connectivity index (χ4v) is 2.94. The molecule has 0 aromatic heterocycles. The highest BCUT2D eigenvalue weighted by atomic mass is 16.5. The molecular formula is C13H22N2O4. The van der Waals surface area contributed by atoms with Gasteiger partial charge in [-0.15, -0.1) is 0 Å². The molecule has 0 aromatic carbocycles. The number of carboxylic acid groups (broad SMARTS) is 1. The Morgan fingerprint density at radius 3 is 2.68 bits per heavy atom. The largest absolute Gasteiger partial charge is 0.480 e. The van der Waals surface area contributed by atoms with Gasteiger partial charge in [0.15, 0.2) is 0 Å². The van der Waals surface area contributed by atoms with Gasteiger partial charge in [-0.3, -0.25) is 4.79 Å². The van der Waals surface area contributed by atoms with E-state index in [1.54, 1.807) is 0 Å². The second-order valence-electron chi connectivity index (χ2n) is 5.58. The van der Waals surface area contributed by atoms with Gasteiger partial charge in [-0.05, 0) is 32.6 Å². The molecule has 2 rings (SSSR count). The van der Waals surface area contributed by atoms with E-state index >= 15 is 0 Å². The van der Waals surface area contributed by atoms with Crippen LogP contribution in [0.2, 0.25) is 0 Å². The standard InChI is InChI=1S/C13H22N2O4/c1-9(11(16)17)15-12(18)14-8-10-4-7-13(19-10)5-2-3-6-13/h9-10H,2-8H2,1H3,(H,16,17)(H2,14,15,18). The maximum atomic E-state index is 11.5. The normalized spacial score (nSPS) is 26.3. The summed E-state index contributed by atoms with van der Waals surface area (Å²) in [5, 5.41) is 13.7. The third-order valence-electron chi connectivity index (χ3n) is 4.06. The number of nitrogens with one attached hydrogen (secondary N) is 2. The molecule has 1 heterocycles. The lowest BCUT2D eigenvalue weighted by Gasteiger charge is -2.24. The Balaban J connectivity index is 1.69. The average molecular weight is 270 g/mol. The van der Waals surface area contributed by atoms with Gasteiger partial charge in [-0.2, -0.15) is 0 Å². The summed E-state index contributed by atoms with van der Waals surface area (Å²) in [4.78, 5) is 22.1. The number of ether oxygens (including phenoxy) is 1. The highest BCUT2D eigenvalue weighted by Gasteiger charge is 2.42. The van der Waals surface area contributed by atoms with Crippen LogP contribution >= 0.6 is 0 Å². The lowest BCUT2D eigenvalue weighted by Crippen LogP contribution is -2.46. The molecule has 1 aliphatic heterocycles. The van der Waals surface area contributed by atoms with E-state index in [2.05, 4.69) is 10.6 Å². The molecule has 1 saturated carbocycles. The van der Waals surface area contributed by atoms with E-state index in [0.29, 0.717) is 6.54 Å². The first-order valence-electron chi connectivity index (χ1n) is 6.96. The van der Waals surface area contributed by atoms with Gasteiger partial charge in [0.1, 0.15) is 6.04 Å². The van der Waals surface area contributed by atoms with Gasteiger partial charge < -0.3 is 20.5 Å². The maximum Gasteiger partial charge on any atom is 0.325 e. The molecule has 6 heteroatoms. The lowest BCUT2D eigenvalue weighted by molar-refractivity contribution is -0.138. The van der Waals surface area contributed by atoms with Gasteiger partial charge in [0.25, 0.3) is 0 Å². The van der Waals surface area contributed by atoms with Gasteiger partial charge in [-0.25, -0.2) is 4.79 Å². The number of amides is 2. The van der Waals surface area contributed by atoms with E-state index in [4.69, 9.17) is 9.84 Å². The molecule has 1 spiro atoms. The molecule has 2 aliphatic rings. The van der Waals surface area contributed by atoms with Crippen molar-refractivity contribution in [2.24, 2.45) is 0 Å². The second-order valence-corrected chi connectivity index (χ2v) is 5.58. The topological polar surface area (TPSA) is 87.7 Å². The molecule has 1 saturated heterocycles. The Bertz CT molecular complexity index is 353. The molecular weight excluding hydrogens is 248 g/mol. The van der Waals surface area contributed by atoms with E-state index in [9.17, 15) is 9.59 Å². The van der Waals surface area contributed by atoms with Crippen LogP contribution in [-0.4, -0.2) is 41.4 Å². The average Bonchev–Trinajstić information content (AvgIpc) is 2.98. The monoisotopic (exact) mass is 270 g/mol. The summed E-state index contributed by atoms with van der Waals surface area (Å²) in [6.45, 7) is 1.88. The zero-order valence-corrected chi connectivity index (χ0v) is 11.3. The van der Waals surface area contributed by atoms with E-state index in [-0.39, 0.29) is 11.7 Å². The van der Waals surface area contributed by atoms with Crippen LogP contribution in [0.25, 0.3) is 0 Å². The van der Waals surface area contributed by atoms with Crippen molar-refractivity contribution < 1.29 is 19.4 Å². The van der Waals surface area contributed by atoms with Crippen LogP contribution in [0.5, 0.6) is 0 Å². The first-order valence-corrected chi connectivity index (χ1v) is 6.96. The number of carbonyl (C=O) groups excluding carboxylic acids is 1. The van der Waals surface area contributed by atoms with Crippen LogP contribution in [-0.2, 0) is 9.53 Å². The van der Waals surface area contributed by atoms with Crippen LogP contribution in [0.15, 0.2) is 0 Å². The maximum absolute atomic E-state index is 11.5. The molecule has 0 radical (unpaired) electrons. The quantitative estimate of drug-likeness (QED) is 0.717. The Kier molecular flexibility index (Phi) is 4.29. The fourth-order valence-electron chi connectivity index (χ4n) is 2.94. The number of aliphatic carboxylic acids is 1. The van der Waals surface area contributed by atoms with Crippen molar-refractivity contribution in [2.45, 2.75) is 63.2 Å². The zero-order valence-electron chi connectivity index (χ0n) is 11.3. The number of hydrogen-bond acceptors (Lipinski definition) is 3. The summed E-state index contributed by atoms with van der Waals surface area (Å²) < 4.78 is 6.05. The molecule has 0 bridgehead atoms. The zero-order chi connectivity index (χ0) is 13.9. The summed E-state index contributed by atoms with van der Waals surface area (Å²) in [7, 11) is 0. The van der Waals surface area contributed by atoms with Crippen molar-refractivity contribution >= 4 is 12.0 Å². The minimum Gasteiger partial charge on any atom is -0.480 e. The Hall–Kier alpha value is -1.30. The van der Waals surface area contributed by atoms with E-state index in [0.717, 1.165) is 25.7 Å². The molecule has 1 aliphatic carbocycles. The second kappa shape index (κ2) is 5.77. The van der Waals surface area contributed by atoms with E-state index in [1.807, 2.05) is 0 Å². The van der Waals surface area contributed by atoms with Gasteiger partial charge in [0.05, 0.1) is 11.7 Å². The fraction of sp³-hybridized carbons (Fsp3) is 0.846. The molecule has 6 nitrogen and oxygen atoms in total. The number of hydrogen-bond donors (Lipinski definition) is 3.